The molecule has 1 aliphatic heterocycles. The van der Waals surface area contributed by atoms with Gasteiger partial charge in [-0.15, -0.1) is 0 Å². The van der Waals surface area contributed by atoms with Crippen molar-refractivity contribution in [3.8, 4) is 0 Å². The molecule has 1 aromatic carbocycles. The third-order valence-electron chi connectivity index (χ3n) is 3.57. The fourth-order valence-electron chi connectivity index (χ4n) is 2.39. The molecule has 0 radical (unpaired) electrons. The molecule has 0 unspecified atom stereocenters. The van der Waals surface area contributed by atoms with Crippen LogP contribution < -0.4 is 10.6 Å². The molecule has 1 aromatic rings. The first-order valence-electron chi connectivity index (χ1n) is 6.39. The third-order valence-corrected chi connectivity index (χ3v) is 3.57. The van der Waals surface area contributed by atoms with Crippen LogP contribution in [0.1, 0.15) is 24.5 Å². The van der Waals surface area contributed by atoms with Crippen LogP contribution in [-0.2, 0) is 17.8 Å². The van der Waals surface area contributed by atoms with Crippen molar-refractivity contribution in [2.75, 3.05) is 13.1 Å². The maximum Gasteiger partial charge on any atom is 0.305 e. The molecule has 0 bridgehead atoms. The number of carbonyl (C=O) groups is 1. The van der Waals surface area contributed by atoms with Gasteiger partial charge in [-0.25, -0.2) is 0 Å². The van der Waals surface area contributed by atoms with E-state index in [1.54, 1.807) is 0 Å². The SMILES string of the molecule is CCc1ccccc1CNC1(CC(=O)O)CNC1. The molecule has 4 heteroatoms. The van der Waals surface area contributed by atoms with E-state index in [-0.39, 0.29) is 12.0 Å². The Morgan fingerprint density at radius 2 is 2.06 bits per heavy atom. The summed E-state index contributed by atoms with van der Waals surface area (Å²) < 4.78 is 0. The maximum absolute atomic E-state index is 10.9. The van der Waals surface area contributed by atoms with Crippen molar-refractivity contribution in [2.24, 2.45) is 0 Å². The predicted molar refractivity (Wildman–Crippen MR) is 70.5 cm³/mol. The molecule has 0 aliphatic carbocycles. The first kappa shape index (κ1) is 13.1. The summed E-state index contributed by atoms with van der Waals surface area (Å²) in [6, 6.07) is 8.30. The molecular formula is C14H20N2O2. The van der Waals surface area contributed by atoms with Gasteiger partial charge in [0.15, 0.2) is 0 Å². The smallest absolute Gasteiger partial charge is 0.305 e. The zero-order valence-corrected chi connectivity index (χ0v) is 10.7. The number of aliphatic carboxylic acids is 1. The molecule has 3 N–H and O–H groups in total. The lowest BCUT2D eigenvalue weighted by Gasteiger charge is -2.42. The fourth-order valence-corrected chi connectivity index (χ4v) is 2.39. The van der Waals surface area contributed by atoms with Gasteiger partial charge in [-0.2, -0.15) is 0 Å². The van der Waals surface area contributed by atoms with E-state index in [9.17, 15) is 4.79 Å². The van der Waals surface area contributed by atoms with E-state index in [2.05, 4.69) is 29.7 Å². The van der Waals surface area contributed by atoms with Crippen LogP contribution in [0.5, 0.6) is 0 Å². The molecule has 0 saturated carbocycles. The number of carboxylic acids is 1. The van der Waals surface area contributed by atoms with Gasteiger partial charge in [-0.3, -0.25) is 4.79 Å². The highest BCUT2D eigenvalue weighted by Crippen LogP contribution is 2.18. The number of carboxylic acid groups (broad SMARTS) is 1. The van der Waals surface area contributed by atoms with E-state index < -0.39 is 5.97 Å². The lowest BCUT2D eigenvalue weighted by molar-refractivity contribution is -0.139. The van der Waals surface area contributed by atoms with E-state index in [4.69, 9.17) is 5.11 Å². The average Bonchev–Trinajstić information content (AvgIpc) is 2.32. The standard InChI is InChI=1S/C14H20N2O2/c1-2-11-5-3-4-6-12(11)8-16-14(7-13(17)18)9-15-10-14/h3-6,15-16H,2,7-10H2,1H3,(H,17,18). The Balaban J connectivity index is 1.99. The number of benzene rings is 1. The van der Waals surface area contributed by atoms with Crippen LogP contribution in [0.3, 0.4) is 0 Å². The maximum atomic E-state index is 10.9. The van der Waals surface area contributed by atoms with Gasteiger partial charge in [0.05, 0.1) is 12.0 Å². The fraction of sp³-hybridized carbons (Fsp3) is 0.500. The largest absolute Gasteiger partial charge is 0.481 e. The molecule has 0 spiro atoms. The first-order chi connectivity index (χ1) is 8.65. The zero-order valence-electron chi connectivity index (χ0n) is 10.7. The monoisotopic (exact) mass is 248 g/mol. The first-order valence-corrected chi connectivity index (χ1v) is 6.39. The summed E-state index contributed by atoms with van der Waals surface area (Å²) in [4.78, 5) is 10.9. The second-order valence-corrected chi connectivity index (χ2v) is 4.93. The number of rotatable bonds is 6. The van der Waals surface area contributed by atoms with Crippen molar-refractivity contribution < 1.29 is 9.90 Å². The molecule has 4 nitrogen and oxygen atoms in total. The average molecular weight is 248 g/mol. The third kappa shape index (κ3) is 2.89. The number of aryl methyl sites for hydroxylation is 1. The van der Waals surface area contributed by atoms with Gasteiger partial charge in [0.2, 0.25) is 0 Å². The zero-order chi connectivity index (χ0) is 13.0. The van der Waals surface area contributed by atoms with Crippen LogP contribution in [-0.4, -0.2) is 29.7 Å². The van der Waals surface area contributed by atoms with Crippen LogP contribution in [0.25, 0.3) is 0 Å². The Hall–Kier alpha value is -1.39. The summed E-state index contributed by atoms with van der Waals surface area (Å²) in [6.45, 7) is 4.33. The summed E-state index contributed by atoms with van der Waals surface area (Å²) in [5.74, 6) is -0.743. The summed E-state index contributed by atoms with van der Waals surface area (Å²) in [7, 11) is 0. The summed E-state index contributed by atoms with van der Waals surface area (Å²) >= 11 is 0. The second kappa shape index (κ2) is 5.50. The van der Waals surface area contributed by atoms with E-state index in [1.165, 1.54) is 11.1 Å². The lowest BCUT2D eigenvalue weighted by Crippen LogP contribution is -2.68. The molecule has 98 valence electrons. The van der Waals surface area contributed by atoms with Crippen LogP contribution in [0.4, 0.5) is 0 Å². The Bertz CT molecular complexity index is 428. The molecule has 1 aliphatic rings. The van der Waals surface area contributed by atoms with E-state index >= 15 is 0 Å². The van der Waals surface area contributed by atoms with Gasteiger partial charge in [-0.1, -0.05) is 31.2 Å². The highest BCUT2D eigenvalue weighted by atomic mass is 16.4. The molecule has 1 saturated heterocycles. The highest BCUT2D eigenvalue weighted by molar-refractivity contribution is 5.68. The summed E-state index contributed by atoms with van der Waals surface area (Å²) in [5.41, 5.74) is 2.31. The quantitative estimate of drug-likeness (QED) is 0.707. The Labute approximate surface area is 107 Å². The number of hydrogen-bond acceptors (Lipinski definition) is 3. The van der Waals surface area contributed by atoms with Crippen molar-refractivity contribution >= 4 is 5.97 Å². The van der Waals surface area contributed by atoms with Crippen molar-refractivity contribution in [2.45, 2.75) is 31.8 Å². The number of hydrogen-bond donors (Lipinski definition) is 3. The molecule has 0 atom stereocenters. The van der Waals surface area contributed by atoms with Crippen LogP contribution >= 0.6 is 0 Å². The Morgan fingerprint density at radius 3 is 2.56 bits per heavy atom. The molecule has 18 heavy (non-hydrogen) atoms. The Morgan fingerprint density at radius 1 is 1.39 bits per heavy atom. The van der Waals surface area contributed by atoms with Gasteiger partial charge in [0.1, 0.15) is 0 Å². The van der Waals surface area contributed by atoms with Crippen molar-refractivity contribution in [3.05, 3.63) is 35.4 Å². The van der Waals surface area contributed by atoms with Crippen molar-refractivity contribution in [1.82, 2.24) is 10.6 Å². The molecule has 1 heterocycles. The number of nitrogens with one attached hydrogen (secondary N) is 2. The summed E-state index contributed by atoms with van der Waals surface area (Å²) in [6.07, 6.45) is 1.18. The summed E-state index contributed by atoms with van der Waals surface area (Å²) in [5, 5.41) is 15.5. The second-order valence-electron chi connectivity index (χ2n) is 4.93. The van der Waals surface area contributed by atoms with Crippen molar-refractivity contribution in [1.29, 1.82) is 0 Å². The van der Waals surface area contributed by atoms with Gasteiger partial charge >= 0.3 is 5.97 Å². The molecular weight excluding hydrogens is 228 g/mol. The minimum Gasteiger partial charge on any atom is -0.481 e. The molecule has 0 aromatic heterocycles. The normalized spacial score (nSPS) is 17.2. The minimum atomic E-state index is -0.743. The lowest BCUT2D eigenvalue weighted by atomic mass is 9.88. The van der Waals surface area contributed by atoms with E-state index in [1.807, 2.05) is 12.1 Å². The van der Waals surface area contributed by atoms with Crippen molar-refractivity contribution in [3.63, 3.8) is 0 Å². The van der Waals surface area contributed by atoms with E-state index in [0.29, 0.717) is 0 Å². The van der Waals surface area contributed by atoms with E-state index in [0.717, 1.165) is 26.1 Å². The van der Waals surface area contributed by atoms with Gasteiger partial charge < -0.3 is 15.7 Å². The highest BCUT2D eigenvalue weighted by Gasteiger charge is 2.38. The van der Waals surface area contributed by atoms with Crippen LogP contribution in [0.15, 0.2) is 24.3 Å². The molecule has 1 fully saturated rings. The van der Waals surface area contributed by atoms with Gasteiger partial charge in [0, 0.05) is 19.6 Å². The molecule has 2 rings (SSSR count). The van der Waals surface area contributed by atoms with Crippen LogP contribution in [0, 0.1) is 0 Å². The van der Waals surface area contributed by atoms with Crippen LogP contribution in [0.2, 0.25) is 0 Å². The minimum absolute atomic E-state index is 0.175. The molecule has 0 amide bonds. The van der Waals surface area contributed by atoms with Gasteiger partial charge in [0.25, 0.3) is 0 Å². The Kier molecular flexibility index (Phi) is 3.99. The predicted octanol–water partition coefficient (Wildman–Crippen LogP) is 1.16. The topological polar surface area (TPSA) is 61.4 Å². The van der Waals surface area contributed by atoms with Gasteiger partial charge in [-0.05, 0) is 17.5 Å².